The number of rotatable bonds is 6. The molecule has 0 aliphatic carbocycles. The van der Waals surface area contributed by atoms with Crippen LogP contribution in [0.4, 0.5) is 13.2 Å². The van der Waals surface area contributed by atoms with Gasteiger partial charge in [-0.2, -0.15) is 0 Å². The van der Waals surface area contributed by atoms with Crippen LogP contribution in [0, 0.1) is 17.5 Å². The lowest BCUT2D eigenvalue weighted by atomic mass is 9.97. The number of aliphatic hydroxyl groups is 3. The third-order valence-corrected chi connectivity index (χ3v) is 6.74. The molecule has 176 valence electrons. The molecule has 0 saturated carbocycles. The molecule has 1 fully saturated rings. The Kier molecular flexibility index (Phi) is 7.27. The summed E-state index contributed by atoms with van der Waals surface area (Å²) in [7, 11) is 0. The van der Waals surface area contributed by atoms with E-state index in [1.54, 1.807) is 12.1 Å². The molecule has 4 unspecified atom stereocenters. The van der Waals surface area contributed by atoms with E-state index in [-0.39, 0.29) is 11.3 Å². The molecule has 2 heterocycles. The van der Waals surface area contributed by atoms with Crippen LogP contribution < -0.4 is 0 Å². The summed E-state index contributed by atoms with van der Waals surface area (Å²) in [5.74, 6) is -3.92. The predicted molar refractivity (Wildman–Crippen MR) is 115 cm³/mol. The van der Waals surface area contributed by atoms with Crippen molar-refractivity contribution in [2.24, 2.45) is 0 Å². The number of hydrogen-bond acceptors (Lipinski definition) is 7. The first-order chi connectivity index (χ1) is 15.8. The van der Waals surface area contributed by atoms with Crippen molar-refractivity contribution >= 4 is 23.4 Å². The third kappa shape index (κ3) is 5.03. The lowest BCUT2D eigenvalue weighted by Crippen LogP contribution is -2.55. The summed E-state index contributed by atoms with van der Waals surface area (Å²) < 4.78 is 47.3. The van der Waals surface area contributed by atoms with Gasteiger partial charge in [0, 0.05) is 16.3 Å². The molecule has 2 aromatic carbocycles. The van der Waals surface area contributed by atoms with Crippen molar-refractivity contribution in [2.75, 3.05) is 6.61 Å². The first-order valence-electron chi connectivity index (χ1n) is 9.83. The molecule has 1 aliphatic heterocycles. The van der Waals surface area contributed by atoms with E-state index in [2.05, 4.69) is 10.3 Å². The largest absolute Gasteiger partial charge is 0.394 e. The molecule has 3 aromatic rings. The standard InChI is InChI=1S/C21H19ClF3N3O4S/c22-12-3-1-10(2-4-12)9-33-21-20(31)18(19(30)16(8-29)32-21)28-7-15(26-27-28)11-5-13(23)17(25)14(24)6-11/h1-7,16,18-21,29-31H,8-9H2/t16?,18?,19-,20?,21?/m0/s1. The van der Waals surface area contributed by atoms with Crippen LogP contribution in [-0.4, -0.2) is 60.7 Å². The highest BCUT2D eigenvalue weighted by atomic mass is 35.5. The minimum atomic E-state index is -1.60. The van der Waals surface area contributed by atoms with Crippen molar-refractivity contribution < 1.29 is 33.2 Å². The molecule has 0 amide bonds. The second kappa shape index (κ2) is 10.00. The van der Waals surface area contributed by atoms with Crippen LogP contribution in [0.25, 0.3) is 11.3 Å². The zero-order chi connectivity index (χ0) is 23.7. The Morgan fingerprint density at radius 3 is 2.36 bits per heavy atom. The minimum absolute atomic E-state index is 0.00427. The van der Waals surface area contributed by atoms with Gasteiger partial charge in [0.15, 0.2) is 17.5 Å². The van der Waals surface area contributed by atoms with E-state index < -0.39 is 53.8 Å². The Balaban J connectivity index is 1.57. The average molecular weight is 502 g/mol. The van der Waals surface area contributed by atoms with Crippen LogP contribution >= 0.6 is 23.4 Å². The second-order valence-electron chi connectivity index (χ2n) is 7.47. The van der Waals surface area contributed by atoms with Crippen molar-refractivity contribution in [3.8, 4) is 11.3 Å². The first kappa shape index (κ1) is 24.0. The van der Waals surface area contributed by atoms with Crippen LogP contribution in [0.2, 0.25) is 5.02 Å². The highest BCUT2D eigenvalue weighted by molar-refractivity contribution is 7.99. The SMILES string of the molecule is OCC1OC(SCc2ccc(Cl)cc2)C(O)C(n2cc(-c3cc(F)c(F)c(F)c3)nn2)[C@H]1O. The highest BCUT2D eigenvalue weighted by Gasteiger charge is 2.46. The summed E-state index contributed by atoms with van der Waals surface area (Å²) in [4.78, 5) is 0. The first-order valence-corrected chi connectivity index (χ1v) is 11.3. The quantitative estimate of drug-likeness (QED) is 0.446. The Bertz CT molecular complexity index is 1100. The molecule has 1 saturated heterocycles. The fourth-order valence-corrected chi connectivity index (χ4v) is 4.79. The van der Waals surface area contributed by atoms with Gasteiger partial charge in [-0.25, -0.2) is 17.9 Å². The van der Waals surface area contributed by atoms with Crippen molar-refractivity contribution in [3.63, 3.8) is 0 Å². The zero-order valence-corrected chi connectivity index (χ0v) is 18.4. The molecule has 7 nitrogen and oxygen atoms in total. The van der Waals surface area contributed by atoms with Crippen LogP contribution in [0.5, 0.6) is 0 Å². The van der Waals surface area contributed by atoms with E-state index in [9.17, 15) is 28.5 Å². The lowest BCUT2D eigenvalue weighted by molar-refractivity contribution is -0.178. The number of hydrogen-bond donors (Lipinski definition) is 3. The highest BCUT2D eigenvalue weighted by Crippen LogP contribution is 2.36. The van der Waals surface area contributed by atoms with Gasteiger partial charge < -0.3 is 20.1 Å². The van der Waals surface area contributed by atoms with Gasteiger partial charge in [-0.15, -0.1) is 16.9 Å². The van der Waals surface area contributed by atoms with E-state index in [0.29, 0.717) is 10.8 Å². The number of thioether (sulfide) groups is 1. The van der Waals surface area contributed by atoms with Gasteiger partial charge in [0.2, 0.25) is 0 Å². The molecule has 3 N–H and O–H groups in total. The third-order valence-electron chi connectivity index (χ3n) is 5.27. The van der Waals surface area contributed by atoms with Crippen LogP contribution in [-0.2, 0) is 10.5 Å². The van der Waals surface area contributed by atoms with Gasteiger partial charge in [0.1, 0.15) is 35.5 Å². The van der Waals surface area contributed by atoms with E-state index in [1.807, 2.05) is 12.1 Å². The lowest BCUT2D eigenvalue weighted by Gasteiger charge is -2.41. The number of ether oxygens (including phenoxy) is 1. The molecule has 5 atom stereocenters. The zero-order valence-electron chi connectivity index (χ0n) is 16.9. The molecule has 0 spiro atoms. The van der Waals surface area contributed by atoms with E-state index in [0.717, 1.165) is 22.4 Å². The second-order valence-corrected chi connectivity index (χ2v) is 9.00. The van der Waals surface area contributed by atoms with Crippen LogP contribution in [0.1, 0.15) is 11.6 Å². The van der Waals surface area contributed by atoms with Gasteiger partial charge >= 0.3 is 0 Å². The van der Waals surface area contributed by atoms with Gasteiger partial charge in [0.05, 0.1) is 12.8 Å². The number of benzene rings is 2. The summed E-state index contributed by atoms with van der Waals surface area (Å²) in [6.45, 7) is -0.516. The van der Waals surface area contributed by atoms with Crippen molar-refractivity contribution in [1.82, 2.24) is 15.0 Å². The molecule has 33 heavy (non-hydrogen) atoms. The van der Waals surface area contributed by atoms with E-state index in [4.69, 9.17) is 16.3 Å². The van der Waals surface area contributed by atoms with Crippen molar-refractivity contribution in [2.45, 2.75) is 35.5 Å². The smallest absolute Gasteiger partial charge is 0.194 e. The van der Waals surface area contributed by atoms with Crippen LogP contribution in [0.3, 0.4) is 0 Å². The normalized spacial score (nSPS) is 25.4. The van der Waals surface area contributed by atoms with Crippen LogP contribution in [0.15, 0.2) is 42.6 Å². The number of aliphatic hydroxyl groups excluding tert-OH is 3. The number of nitrogens with zero attached hydrogens (tertiary/aromatic N) is 3. The molecule has 0 radical (unpaired) electrons. The van der Waals surface area contributed by atoms with Gasteiger partial charge in [-0.1, -0.05) is 28.9 Å². The fraction of sp³-hybridized carbons (Fsp3) is 0.333. The van der Waals surface area contributed by atoms with E-state index in [1.165, 1.54) is 18.0 Å². The summed E-state index contributed by atoms with van der Waals surface area (Å²) in [6.07, 6.45) is -2.37. The molecular weight excluding hydrogens is 483 g/mol. The number of aromatic nitrogens is 3. The molecular formula is C21H19ClF3N3O4S. The maximum atomic E-state index is 13.6. The summed E-state index contributed by atoms with van der Waals surface area (Å²) >= 11 is 7.15. The Morgan fingerprint density at radius 1 is 1.06 bits per heavy atom. The maximum Gasteiger partial charge on any atom is 0.194 e. The summed E-state index contributed by atoms with van der Waals surface area (Å²) in [5, 5.41) is 39.5. The summed E-state index contributed by atoms with van der Waals surface area (Å²) in [5.41, 5.74) is 0.0251. The molecule has 1 aliphatic rings. The van der Waals surface area contributed by atoms with Gasteiger partial charge in [-0.05, 0) is 29.8 Å². The Hall–Kier alpha value is -2.15. The summed E-state index contributed by atoms with van der Waals surface area (Å²) in [6, 6.07) is 7.58. The molecule has 4 rings (SSSR count). The van der Waals surface area contributed by atoms with Crippen molar-refractivity contribution in [3.05, 3.63) is 70.6 Å². The van der Waals surface area contributed by atoms with E-state index >= 15 is 0 Å². The maximum absolute atomic E-state index is 13.6. The Morgan fingerprint density at radius 2 is 1.73 bits per heavy atom. The molecule has 1 aromatic heterocycles. The average Bonchev–Trinajstić information content (AvgIpc) is 3.27. The Labute approximate surface area is 195 Å². The predicted octanol–water partition coefficient (Wildman–Crippen LogP) is 2.93. The molecule has 0 bridgehead atoms. The fourth-order valence-electron chi connectivity index (χ4n) is 3.54. The van der Waals surface area contributed by atoms with Crippen molar-refractivity contribution in [1.29, 1.82) is 0 Å². The van der Waals surface area contributed by atoms with Gasteiger partial charge in [0.25, 0.3) is 0 Å². The number of halogens is 4. The van der Waals surface area contributed by atoms with Gasteiger partial charge in [-0.3, -0.25) is 0 Å². The topological polar surface area (TPSA) is 101 Å². The minimum Gasteiger partial charge on any atom is -0.394 e. The molecule has 12 heteroatoms. The monoisotopic (exact) mass is 501 g/mol.